The molecule has 0 heterocycles. The third kappa shape index (κ3) is 13.6. The highest BCUT2D eigenvalue weighted by molar-refractivity contribution is 6.26. The summed E-state index contributed by atoms with van der Waals surface area (Å²) in [7, 11) is 3.09. The number of esters is 1. The number of carbonyl (C=O) groups excluding carboxylic acids is 1. The molecule has 0 unspecified atom stereocenters. The van der Waals surface area contributed by atoms with E-state index in [-0.39, 0.29) is 15.7 Å². The molecule has 3 nitrogen and oxygen atoms in total. The van der Waals surface area contributed by atoms with Crippen molar-refractivity contribution in [2.45, 2.75) is 63.8 Å². The minimum atomic E-state index is -0.183. The first-order valence-corrected chi connectivity index (χ1v) is 8.44. The third-order valence-electron chi connectivity index (χ3n) is 2.96. The Hall–Kier alpha value is -0.353. The van der Waals surface area contributed by atoms with Crippen LogP contribution in [0.15, 0.2) is 0 Å². The monoisotopic (exact) mass is 260 g/mol. The number of ether oxygens (including phenoxy) is 1. The van der Waals surface area contributed by atoms with Crippen molar-refractivity contribution in [1.29, 1.82) is 0 Å². The molecule has 0 aliphatic heterocycles. The van der Waals surface area contributed by atoms with E-state index in [1.54, 1.807) is 0 Å². The Morgan fingerprint density at radius 2 is 1.41 bits per heavy atom. The lowest BCUT2D eigenvalue weighted by Crippen LogP contribution is -1.99. The Morgan fingerprint density at radius 3 is 1.94 bits per heavy atom. The molecule has 0 N–H and O–H groups in total. The smallest absolute Gasteiger partial charge is 0.305 e. The second kappa shape index (κ2) is 13.7. The largest absolute Gasteiger partial charge is 0.469 e. The van der Waals surface area contributed by atoms with Crippen LogP contribution in [-0.4, -0.2) is 30.0 Å². The first-order chi connectivity index (χ1) is 8.31. The van der Waals surface area contributed by atoms with Gasteiger partial charge >= 0.3 is 5.97 Å². The summed E-state index contributed by atoms with van der Waals surface area (Å²) in [4.78, 5) is 10.8. The third-order valence-corrected chi connectivity index (χ3v) is 4.15. The van der Waals surface area contributed by atoms with Crippen LogP contribution >= 0.6 is 0 Å². The molecule has 0 bridgehead atoms. The average Bonchev–Trinajstić information content (AvgIpc) is 2.35. The molecule has 0 saturated heterocycles. The fourth-order valence-electron chi connectivity index (χ4n) is 1.86. The minimum absolute atomic E-state index is 0.0766. The van der Waals surface area contributed by atoms with Crippen LogP contribution in [0.25, 0.3) is 0 Å². The van der Waals surface area contributed by atoms with Crippen LogP contribution in [0.3, 0.4) is 0 Å². The van der Waals surface area contributed by atoms with E-state index in [4.69, 9.17) is 4.43 Å². The van der Waals surface area contributed by atoms with Gasteiger partial charge in [-0.2, -0.15) is 0 Å². The summed E-state index contributed by atoms with van der Waals surface area (Å²) in [5.41, 5.74) is 0. The van der Waals surface area contributed by atoms with Crippen molar-refractivity contribution >= 4 is 15.7 Å². The van der Waals surface area contributed by atoms with Crippen molar-refractivity contribution in [3.63, 3.8) is 0 Å². The maximum absolute atomic E-state index is 10.8. The maximum Gasteiger partial charge on any atom is 0.305 e. The Labute approximate surface area is 108 Å². The fraction of sp³-hybridized carbons (Fsp3) is 0.923. The molecule has 0 amide bonds. The van der Waals surface area contributed by atoms with Gasteiger partial charge in [-0.25, -0.2) is 0 Å². The highest BCUT2D eigenvalue weighted by Crippen LogP contribution is 2.10. The van der Waals surface area contributed by atoms with Crippen molar-refractivity contribution in [3.8, 4) is 0 Å². The number of methoxy groups -OCH3 is 1. The quantitative estimate of drug-likeness (QED) is 0.307. The van der Waals surface area contributed by atoms with E-state index in [0.29, 0.717) is 6.42 Å². The van der Waals surface area contributed by atoms with E-state index in [1.807, 2.05) is 7.11 Å². The number of unbranched alkanes of at least 4 members (excludes halogenated alkanes) is 7. The molecule has 0 aliphatic rings. The molecule has 0 aromatic carbocycles. The number of hydrogen-bond donors (Lipinski definition) is 0. The van der Waals surface area contributed by atoms with E-state index in [2.05, 4.69) is 4.74 Å². The minimum Gasteiger partial charge on any atom is -0.469 e. The summed E-state index contributed by atoms with van der Waals surface area (Å²) >= 11 is 0. The molecule has 0 radical (unpaired) electrons. The van der Waals surface area contributed by atoms with Gasteiger partial charge in [-0.1, -0.05) is 44.9 Å². The molecule has 102 valence electrons. The average molecular weight is 260 g/mol. The predicted molar refractivity (Wildman–Crippen MR) is 73.9 cm³/mol. The van der Waals surface area contributed by atoms with Gasteiger partial charge in [-0.3, -0.25) is 4.79 Å². The lowest BCUT2D eigenvalue weighted by atomic mass is 10.1. The summed E-state index contributed by atoms with van der Waals surface area (Å²) in [6, 6.07) is 1.33. The van der Waals surface area contributed by atoms with E-state index < -0.39 is 0 Å². The molecule has 17 heavy (non-hydrogen) atoms. The summed E-state index contributed by atoms with van der Waals surface area (Å²) in [6.07, 6.45) is 10.7. The summed E-state index contributed by atoms with van der Waals surface area (Å²) in [6.45, 7) is 0. The van der Waals surface area contributed by atoms with Gasteiger partial charge < -0.3 is 9.16 Å². The van der Waals surface area contributed by atoms with Gasteiger partial charge in [0.15, 0.2) is 9.76 Å². The van der Waals surface area contributed by atoms with Gasteiger partial charge in [0, 0.05) is 13.5 Å². The van der Waals surface area contributed by atoms with Crippen LogP contribution in [0, 0.1) is 0 Å². The first kappa shape index (κ1) is 16.6. The SMILES string of the molecule is CO[SiH2]CCCCCCCCCCC(=O)OC. The van der Waals surface area contributed by atoms with E-state index in [1.165, 1.54) is 51.7 Å². The zero-order valence-electron chi connectivity index (χ0n) is 11.5. The Kier molecular flexibility index (Phi) is 13.4. The summed E-state index contributed by atoms with van der Waals surface area (Å²) in [5.74, 6) is -0.0766. The number of hydrogen-bond acceptors (Lipinski definition) is 3. The Balaban J connectivity index is 2.96. The zero-order chi connectivity index (χ0) is 12.8. The number of rotatable bonds is 12. The van der Waals surface area contributed by atoms with Crippen LogP contribution < -0.4 is 0 Å². The van der Waals surface area contributed by atoms with Crippen LogP contribution in [0.5, 0.6) is 0 Å². The molecule has 0 spiro atoms. The molecule has 0 fully saturated rings. The molecule has 0 aromatic heterocycles. The maximum atomic E-state index is 10.8. The van der Waals surface area contributed by atoms with Crippen LogP contribution in [0.4, 0.5) is 0 Å². The summed E-state index contributed by atoms with van der Waals surface area (Å²) < 4.78 is 9.74. The second-order valence-corrected chi connectivity index (χ2v) is 6.19. The zero-order valence-corrected chi connectivity index (χ0v) is 12.9. The molecular weight excluding hydrogens is 232 g/mol. The van der Waals surface area contributed by atoms with Gasteiger partial charge in [-0.15, -0.1) is 0 Å². The van der Waals surface area contributed by atoms with Crippen LogP contribution in [-0.2, 0) is 14.0 Å². The topological polar surface area (TPSA) is 35.5 Å². The molecule has 0 saturated carbocycles. The highest BCUT2D eigenvalue weighted by Gasteiger charge is 1.98. The normalized spacial score (nSPS) is 11.2. The van der Waals surface area contributed by atoms with Gasteiger partial charge in [0.25, 0.3) is 0 Å². The van der Waals surface area contributed by atoms with Gasteiger partial charge in [0.1, 0.15) is 0 Å². The molecule has 0 rings (SSSR count). The Bertz CT molecular complexity index is 174. The Morgan fingerprint density at radius 1 is 0.882 bits per heavy atom. The number of carbonyl (C=O) groups is 1. The molecule has 0 aromatic rings. The van der Waals surface area contributed by atoms with Crippen LogP contribution in [0.2, 0.25) is 6.04 Å². The first-order valence-electron chi connectivity index (χ1n) is 6.87. The van der Waals surface area contributed by atoms with Crippen molar-refractivity contribution in [1.82, 2.24) is 0 Å². The molecular formula is C13H28O3Si. The lowest BCUT2D eigenvalue weighted by Gasteiger charge is -2.02. The highest BCUT2D eigenvalue weighted by atomic mass is 28.2. The lowest BCUT2D eigenvalue weighted by molar-refractivity contribution is -0.140. The van der Waals surface area contributed by atoms with Gasteiger partial charge in [0.05, 0.1) is 7.11 Å². The van der Waals surface area contributed by atoms with E-state index in [9.17, 15) is 4.79 Å². The van der Waals surface area contributed by atoms with Crippen LogP contribution in [0.1, 0.15) is 57.8 Å². The summed E-state index contributed by atoms with van der Waals surface area (Å²) in [5, 5.41) is 0. The predicted octanol–water partition coefficient (Wildman–Crippen LogP) is 2.82. The fourth-order valence-corrected chi connectivity index (χ4v) is 2.70. The van der Waals surface area contributed by atoms with Gasteiger partial charge in [-0.05, 0) is 12.5 Å². The van der Waals surface area contributed by atoms with E-state index in [0.717, 1.165) is 12.8 Å². The van der Waals surface area contributed by atoms with Crippen molar-refractivity contribution in [2.75, 3.05) is 14.2 Å². The van der Waals surface area contributed by atoms with Crippen molar-refractivity contribution in [2.24, 2.45) is 0 Å². The second-order valence-electron chi connectivity index (χ2n) is 4.50. The van der Waals surface area contributed by atoms with Crippen molar-refractivity contribution < 1.29 is 14.0 Å². The van der Waals surface area contributed by atoms with E-state index >= 15 is 0 Å². The molecule has 0 aliphatic carbocycles. The van der Waals surface area contributed by atoms with Crippen molar-refractivity contribution in [3.05, 3.63) is 0 Å². The molecule has 0 atom stereocenters. The standard InChI is InChI=1S/C13H28O3Si/c1-15-13(14)11-9-7-5-3-4-6-8-10-12-17-16-2/h3-12,17H2,1-2H3. The molecule has 4 heteroatoms. The van der Waals surface area contributed by atoms with Gasteiger partial charge in [0.2, 0.25) is 0 Å².